The van der Waals surface area contributed by atoms with Crippen LogP contribution in [0.2, 0.25) is 0 Å². The van der Waals surface area contributed by atoms with Crippen LogP contribution >= 0.6 is 24.0 Å². The summed E-state index contributed by atoms with van der Waals surface area (Å²) in [6.07, 6.45) is 0.722. The van der Waals surface area contributed by atoms with Gasteiger partial charge in [-0.3, -0.25) is 9.79 Å². The Hall–Kier alpha value is -2.09. The molecule has 0 bridgehead atoms. The summed E-state index contributed by atoms with van der Waals surface area (Å²) < 4.78 is 0. The molecule has 0 aliphatic carbocycles. The van der Waals surface area contributed by atoms with E-state index in [4.69, 9.17) is 5.73 Å². The van der Waals surface area contributed by atoms with Crippen molar-refractivity contribution in [3.8, 4) is 0 Å². The average Bonchev–Trinajstić information content (AvgIpc) is 2.57. The van der Waals surface area contributed by atoms with Crippen molar-refractivity contribution < 1.29 is 4.79 Å². The molecule has 0 aromatic heterocycles. The van der Waals surface area contributed by atoms with Crippen LogP contribution in [0.1, 0.15) is 27.0 Å². The third-order valence-corrected chi connectivity index (χ3v) is 3.88. The number of nitrogens with zero attached hydrogens (tertiary/aromatic N) is 1. The van der Waals surface area contributed by atoms with E-state index in [9.17, 15) is 4.79 Å². The average molecular weight is 452 g/mol. The van der Waals surface area contributed by atoms with Crippen LogP contribution in [0.15, 0.2) is 47.5 Å². The highest BCUT2D eigenvalue weighted by Crippen LogP contribution is 2.13. The van der Waals surface area contributed by atoms with Crippen molar-refractivity contribution in [1.29, 1.82) is 0 Å². The van der Waals surface area contributed by atoms with E-state index in [1.807, 2.05) is 30.3 Å². The number of hydrogen-bond donors (Lipinski definition) is 3. The van der Waals surface area contributed by atoms with E-state index < -0.39 is 0 Å². The lowest BCUT2D eigenvalue weighted by atomic mass is 10.1. The van der Waals surface area contributed by atoms with Crippen molar-refractivity contribution >= 4 is 41.5 Å². The van der Waals surface area contributed by atoms with Gasteiger partial charge in [0.1, 0.15) is 0 Å². The minimum absolute atomic E-state index is 0. The Kier molecular flexibility index (Phi) is 8.40. The SMILES string of the molecule is CNC(=O)c1cccc(CCN=C(N)Nc2ccc(C)c(C)c2)c1.I. The molecule has 1 amide bonds. The zero-order chi connectivity index (χ0) is 17.5. The second-order valence-corrected chi connectivity index (χ2v) is 5.72. The predicted molar refractivity (Wildman–Crippen MR) is 115 cm³/mol. The van der Waals surface area contributed by atoms with Crippen LogP contribution in [-0.2, 0) is 6.42 Å². The number of benzene rings is 2. The second kappa shape index (κ2) is 10.0. The fraction of sp³-hybridized carbons (Fsp3) is 0.263. The zero-order valence-electron chi connectivity index (χ0n) is 14.8. The normalized spacial score (nSPS) is 10.8. The maximum atomic E-state index is 11.6. The number of guanidine groups is 1. The minimum atomic E-state index is -0.0868. The van der Waals surface area contributed by atoms with E-state index in [1.54, 1.807) is 13.1 Å². The van der Waals surface area contributed by atoms with Crippen LogP contribution < -0.4 is 16.4 Å². The topological polar surface area (TPSA) is 79.5 Å². The van der Waals surface area contributed by atoms with Crippen molar-refractivity contribution in [2.24, 2.45) is 10.7 Å². The van der Waals surface area contributed by atoms with Crippen LogP contribution in [0.3, 0.4) is 0 Å². The fourth-order valence-corrected chi connectivity index (χ4v) is 2.32. The van der Waals surface area contributed by atoms with E-state index >= 15 is 0 Å². The Morgan fingerprint density at radius 1 is 1.12 bits per heavy atom. The molecule has 0 unspecified atom stereocenters. The molecule has 0 fully saturated rings. The molecule has 0 saturated heterocycles. The number of aryl methyl sites for hydroxylation is 2. The van der Waals surface area contributed by atoms with E-state index in [1.165, 1.54) is 11.1 Å². The molecule has 134 valence electrons. The lowest BCUT2D eigenvalue weighted by Crippen LogP contribution is -2.23. The van der Waals surface area contributed by atoms with Crippen LogP contribution in [0.5, 0.6) is 0 Å². The van der Waals surface area contributed by atoms with Gasteiger partial charge in [0.15, 0.2) is 5.96 Å². The molecule has 2 aromatic carbocycles. The Balaban J connectivity index is 0.00000312. The molecule has 25 heavy (non-hydrogen) atoms. The van der Waals surface area contributed by atoms with Gasteiger partial charge in [-0.2, -0.15) is 0 Å². The molecule has 0 atom stereocenters. The summed E-state index contributed by atoms with van der Waals surface area (Å²) in [5.41, 5.74) is 11.0. The molecule has 0 saturated carbocycles. The molecule has 2 rings (SSSR count). The Labute approximate surface area is 166 Å². The lowest BCUT2D eigenvalue weighted by Gasteiger charge is -2.08. The summed E-state index contributed by atoms with van der Waals surface area (Å²) in [4.78, 5) is 16.0. The summed E-state index contributed by atoms with van der Waals surface area (Å²) in [5.74, 6) is 0.303. The van der Waals surface area contributed by atoms with Gasteiger partial charge in [0, 0.05) is 24.8 Å². The highest BCUT2D eigenvalue weighted by molar-refractivity contribution is 14.0. The molecule has 0 spiro atoms. The highest BCUT2D eigenvalue weighted by atomic mass is 127. The van der Waals surface area contributed by atoms with Crippen molar-refractivity contribution in [3.63, 3.8) is 0 Å². The smallest absolute Gasteiger partial charge is 0.251 e. The number of hydrogen-bond acceptors (Lipinski definition) is 2. The minimum Gasteiger partial charge on any atom is -0.370 e. The number of carbonyl (C=O) groups is 1. The number of aliphatic imine (C=N–C) groups is 1. The Morgan fingerprint density at radius 3 is 2.56 bits per heavy atom. The van der Waals surface area contributed by atoms with Crippen LogP contribution in [0, 0.1) is 13.8 Å². The molecule has 5 nitrogen and oxygen atoms in total. The Bertz CT molecular complexity index is 759. The number of halogens is 1. The van der Waals surface area contributed by atoms with Crippen molar-refractivity contribution in [1.82, 2.24) is 5.32 Å². The summed E-state index contributed by atoms with van der Waals surface area (Å²) in [6.45, 7) is 4.69. The molecule has 4 N–H and O–H groups in total. The van der Waals surface area contributed by atoms with Crippen LogP contribution in [-0.4, -0.2) is 25.5 Å². The number of carbonyl (C=O) groups excluding carboxylic acids is 1. The van der Waals surface area contributed by atoms with Gasteiger partial charge in [0.25, 0.3) is 5.91 Å². The first kappa shape index (κ1) is 21.0. The summed E-state index contributed by atoms with van der Waals surface area (Å²) in [5, 5.41) is 5.72. The van der Waals surface area contributed by atoms with Crippen molar-refractivity contribution in [3.05, 3.63) is 64.7 Å². The molecular weight excluding hydrogens is 427 g/mol. The number of anilines is 1. The van der Waals surface area contributed by atoms with Gasteiger partial charge >= 0.3 is 0 Å². The third-order valence-electron chi connectivity index (χ3n) is 3.88. The maximum Gasteiger partial charge on any atom is 0.251 e. The standard InChI is InChI=1S/C19H24N4O.HI/c1-13-7-8-17(11-14(13)2)23-19(20)22-10-9-15-5-4-6-16(12-15)18(24)21-3;/h4-8,11-12H,9-10H2,1-3H3,(H,21,24)(H3,20,22,23);1H. The van der Waals surface area contributed by atoms with Gasteiger partial charge in [-0.1, -0.05) is 18.2 Å². The van der Waals surface area contributed by atoms with Crippen LogP contribution in [0.4, 0.5) is 5.69 Å². The Morgan fingerprint density at radius 2 is 1.88 bits per heavy atom. The molecule has 0 aliphatic rings. The lowest BCUT2D eigenvalue weighted by molar-refractivity contribution is 0.0963. The van der Waals surface area contributed by atoms with Crippen LogP contribution in [0.25, 0.3) is 0 Å². The van der Waals surface area contributed by atoms with Crippen molar-refractivity contribution in [2.75, 3.05) is 18.9 Å². The maximum absolute atomic E-state index is 11.6. The van der Waals surface area contributed by atoms with E-state index in [-0.39, 0.29) is 29.9 Å². The summed E-state index contributed by atoms with van der Waals surface area (Å²) in [7, 11) is 1.62. The molecule has 6 heteroatoms. The first-order chi connectivity index (χ1) is 11.5. The van der Waals surface area contributed by atoms with E-state index in [2.05, 4.69) is 35.5 Å². The number of amides is 1. The number of nitrogens with two attached hydrogens (primary N) is 1. The van der Waals surface area contributed by atoms with Gasteiger partial charge in [0.2, 0.25) is 0 Å². The van der Waals surface area contributed by atoms with Crippen molar-refractivity contribution in [2.45, 2.75) is 20.3 Å². The summed E-state index contributed by atoms with van der Waals surface area (Å²) in [6, 6.07) is 13.6. The monoisotopic (exact) mass is 452 g/mol. The molecule has 0 aliphatic heterocycles. The zero-order valence-corrected chi connectivity index (χ0v) is 17.1. The van der Waals surface area contributed by atoms with E-state index in [0.717, 1.165) is 17.7 Å². The second-order valence-electron chi connectivity index (χ2n) is 5.72. The van der Waals surface area contributed by atoms with Gasteiger partial charge < -0.3 is 16.4 Å². The largest absolute Gasteiger partial charge is 0.370 e. The van der Waals surface area contributed by atoms with Gasteiger partial charge in [-0.25, -0.2) is 0 Å². The van der Waals surface area contributed by atoms with Gasteiger partial charge in [0.05, 0.1) is 0 Å². The first-order valence-electron chi connectivity index (χ1n) is 7.95. The highest BCUT2D eigenvalue weighted by Gasteiger charge is 2.03. The van der Waals surface area contributed by atoms with E-state index in [0.29, 0.717) is 18.1 Å². The van der Waals surface area contributed by atoms with Gasteiger partial charge in [-0.15, -0.1) is 24.0 Å². The fourth-order valence-electron chi connectivity index (χ4n) is 2.32. The first-order valence-corrected chi connectivity index (χ1v) is 7.95. The van der Waals surface area contributed by atoms with Gasteiger partial charge in [-0.05, 0) is 61.2 Å². The number of rotatable bonds is 5. The molecule has 0 heterocycles. The summed E-state index contributed by atoms with van der Waals surface area (Å²) >= 11 is 0. The molecular formula is C19H25IN4O. The molecule has 0 radical (unpaired) electrons. The predicted octanol–water partition coefficient (Wildman–Crippen LogP) is 3.25. The number of nitrogens with one attached hydrogen (secondary N) is 2. The quantitative estimate of drug-likeness (QED) is 0.370. The molecule has 2 aromatic rings. The third kappa shape index (κ3) is 6.38.